The lowest BCUT2D eigenvalue weighted by molar-refractivity contribution is 0.467. The number of nitrogens with zero attached hydrogens (tertiary/aromatic N) is 2. The van der Waals surface area contributed by atoms with Gasteiger partial charge in [0.25, 0.3) is 5.56 Å². The Morgan fingerprint density at radius 2 is 1.87 bits per heavy atom. The van der Waals surface area contributed by atoms with Gasteiger partial charge in [0.05, 0.1) is 22.7 Å². The van der Waals surface area contributed by atoms with Gasteiger partial charge in [-0.1, -0.05) is 23.5 Å². The smallest absolute Gasteiger partial charge is 0.274 e. The first-order valence-corrected chi connectivity index (χ1v) is 9.62. The maximum absolute atomic E-state index is 12.7. The van der Waals surface area contributed by atoms with E-state index in [4.69, 9.17) is 0 Å². The summed E-state index contributed by atoms with van der Waals surface area (Å²) in [4.78, 5) is 17.9. The average molecular weight is 546 g/mol. The topological polar surface area (TPSA) is 54.6 Å². The van der Waals surface area contributed by atoms with Crippen LogP contribution in [-0.2, 0) is 0 Å². The van der Waals surface area contributed by atoms with Crippen LogP contribution in [0.3, 0.4) is 0 Å². The number of halogens is 2. The van der Waals surface area contributed by atoms with Crippen molar-refractivity contribution in [3.8, 4) is 5.75 Å². The van der Waals surface area contributed by atoms with Gasteiger partial charge in [0.2, 0.25) is 0 Å². The Kier molecular flexibility index (Phi) is 3.81. The number of hydrogen-bond donors (Lipinski definition) is 1. The molecule has 2 heterocycles. The number of phenols is 1. The molecule has 0 saturated carbocycles. The highest BCUT2D eigenvalue weighted by molar-refractivity contribution is 14.1. The lowest BCUT2D eigenvalue weighted by atomic mass is 10.2. The van der Waals surface area contributed by atoms with Crippen LogP contribution in [0.25, 0.3) is 22.1 Å². The highest BCUT2D eigenvalue weighted by Gasteiger charge is 2.11. The fourth-order valence-corrected chi connectivity index (χ4v) is 5.23. The molecule has 4 aromatic rings. The molecule has 0 aliphatic carbocycles. The maximum atomic E-state index is 12.7. The van der Waals surface area contributed by atoms with Crippen molar-refractivity contribution >= 4 is 78.6 Å². The zero-order chi connectivity index (χ0) is 16.1. The van der Waals surface area contributed by atoms with E-state index in [1.807, 2.05) is 42.5 Å². The second-order valence-corrected chi connectivity index (χ2v) is 8.30. The third-order valence-electron chi connectivity index (χ3n) is 3.48. The molecular formula is C16H8I2N2O2S. The van der Waals surface area contributed by atoms with Gasteiger partial charge < -0.3 is 5.11 Å². The number of phenolic OH excluding ortho intramolecular Hbond substituents is 1. The highest BCUT2D eigenvalue weighted by Crippen LogP contribution is 2.27. The number of aromatic nitrogens is 2. The zero-order valence-corrected chi connectivity index (χ0v) is 16.6. The van der Waals surface area contributed by atoms with Gasteiger partial charge in [0, 0.05) is 0 Å². The lowest BCUT2D eigenvalue weighted by Gasteiger charge is -2.01. The van der Waals surface area contributed by atoms with Crippen LogP contribution in [-0.4, -0.2) is 14.5 Å². The van der Waals surface area contributed by atoms with E-state index in [-0.39, 0.29) is 11.3 Å². The van der Waals surface area contributed by atoms with E-state index < -0.39 is 0 Å². The second kappa shape index (κ2) is 5.71. The van der Waals surface area contributed by atoms with Crippen LogP contribution in [0.2, 0.25) is 0 Å². The third-order valence-corrected chi connectivity index (χ3v) is 6.10. The average Bonchev–Trinajstić information content (AvgIpc) is 3.02. The molecule has 0 spiro atoms. The molecule has 23 heavy (non-hydrogen) atoms. The van der Waals surface area contributed by atoms with Crippen LogP contribution in [0.1, 0.15) is 5.56 Å². The van der Waals surface area contributed by atoms with Crippen molar-refractivity contribution in [2.45, 2.75) is 0 Å². The molecule has 0 saturated heterocycles. The third kappa shape index (κ3) is 2.54. The monoisotopic (exact) mass is 546 g/mol. The number of imidazole rings is 1. The summed E-state index contributed by atoms with van der Waals surface area (Å²) in [5, 5.41) is 9.85. The Hall–Kier alpha value is -1.20. The molecule has 7 heteroatoms. The van der Waals surface area contributed by atoms with Crippen molar-refractivity contribution < 1.29 is 5.11 Å². The van der Waals surface area contributed by atoms with E-state index in [2.05, 4.69) is 50.2 Å². The number of benzene rings is 2. The summed E-state index contributed by atoms with van der Waals surface area (Å²) in [7, 11) is 0. The fraction of sp³-hybridized carbons (Fsp3) is 0. The molecule has 1 N–H and O–H groups in total. The molecule has 2 aromatic carbocycles. The van der Waals surface area contributed by atoms with E-state index in [0.717, 1.165) is 23.7 Å². The van der Waals surface area contributed by atoms with Crippen LogP contribution >= 0.6 is 56.5 Å². The predicted molar refractivity (Wildman–Crippen MR) is 109 cm³/mol. The molecule has 0 unspecified atom stereocenters. The van der Waals surface area contributed by atoms with Crippen molar-refractivity contribution in [2.24, 2.45) is 0 Å². The number of para-hydroxylation sites is 2. The Labute approximate surface area is 161 Å². The van der Waals surface area contributed by atoms with Crippen molar-refractivity contribution in [3.63, 3.8) is 0 Å². The second-order valence-electron chi connectivity index (χ2n) is 4.97. The summed E-state index contributed by atoms with van der Waals surface area (Å²) < 4.78 is 3.82. The van der Waals surface area contributed by atoms with Gasteiger partial charge in [-0.15, -0.1) is 0 Å². The molecule has 0 fully saturated rings. The van der Waals surface area contributed by atoms with Gasteiger partial charge >= 0.3 is 0 Å². The summed E-state index contributed by atoms with van der Waals surface area (Å²) in [6.45, 7) is 0. The maximum Gasteiger partial charge on any atom is 0.274 e. The summed E-state index contributed by atoms with van der Waals surface area (Å²) >= 11 is 5.55. The van der Waals surface area contributed by atoms with Gasteiger partial charge in [-0.05, 0) is 81.1 Å². The Morgan fingerprint density at radius 1 is 1.17 bits per heavy atom. The molecule has 2 aromatic heterocycles. The fourth-order valence-electron chi connectivity index (χ4n) is 2.43. The van der Waals surface area contributed by atoms with E-state index in [1.165, 1.54) is 11.3 Å². The first kappa shape index (κ1) is 15.3. The minimum absolute atomic E-state index is 0.0585. The predicted octanol–water partition coefficient (Wildman–Crippen LogP) is 3.37. The van der Waals surface area contributed by atoms with Crippen LogP contribution < -0.4 is 10.1 Å². The van der Waals surface area contributed by atoms with Crippen LogP contribution in [0.5, 0.6) is 5.75 Å². The highest BCUT2D eigenvalue weighted by atomic mass is 127. The van der Waals surface area contributed by atoms with Gasteiger partial charge in [-0.3, -0.25) is 4.79 Å². The van der Waals surface area contributed by atoms with Gasteiger partial charge in [0.15, 0.2) is 4.96 Å². The molecule has 114 valence electrons. The molecular weight excluding hydrogens is 538 g/mol. The zero-order valence-electron chi connectivity index (χ0n) is 11.5. The number of rotatable bonds is 1. The van der Waals surface area contributed by atoms with Crippen LogP contribution in [0, 0.1) is 7.14 Å². The van der Waals surface area contributed by atoms with Crippen LogP contribution in [0.15, 0.2) is 41.2 Å². The van der Waals surface area contributed by atoms with Gasteiger partial charge in [-0.25, -0.2) is 9.38 Å². The number of fused-ring (bicyclic) bond motifs is 3. The number of hydrogen-bond acceptors (Lipinski definition) is 4. The summed E-state index contributed by atoms with van der Waals surface area (Å²) in [6.07, 6.45) is 1.85. The first-order valence-electron chi connectivity index (χ1n) is 6.64. The first-order chi connectivity index (χ1) is 11.0. The molecule has 0 radical (unpaired) electrons. The molecule has 0 amide bonds. The van der Waals surface area contributed by atoms with E-state index in [0.29, 0.717) is 9.49 Å². The SMILES string of the molecule is O=c1/c(=C/c2cc(I)c(O)c(I)c2)sc2nc3ccccc3n12. The summed E-state index contributed by atoms with van der Waals surface area (Å²) in [6, 6.07) is 11.3. The molecule has 0 aliphatic rings. The van der Waals surface area contributed by atoms with E-state index >= 15 is 0 Å². The minimum atomic E-state index is -0.0585. The van der Waals surface area contributed by atoms with Crippen LogP contribution in [0.4, 0.5) is 0 Å². The normalized spacial score (nSPS) is 12.5. The Morgan fingerprint density at radius 3 is 2.61 bits per heavy atom. The quantitative estimate of drug-likeness (QED) is 0.373. The Balaban J connectivity index is 1.99. The summed E-state index contributed by atoms with van der Waals surface area (Å²) in [5.74, 6) is 0.276. The largest absolute Gasteiger partial charge is 0.506 e. The summed E-state index contributed by atoms with van der Waals surface area (Å²) in [5.41, 5.74) is 2.49. The Bertz CT molecular complexity index is 1160. The molecule has 0 atom stereocenters. The number of aromatic hydroxyl groups is 1. The molecule has 0 bridgehead atoms. The van der Waals surface area contributed by atoms with Gasteiger partial charge in [0.1, 0.15) is 5.75 Å². The van der Waals surface area contributed by atoms with Crippen molar-refractivity contribution in [1.82, 2.24) is 9.38 Å². The van der Waals surface area contributed by atoms with Crippen molar-refractivity contribution in [3.05, 3.63) is 64.0 Å². The molecule has 0 aliphatic heterocycles. The lowest BCUT2D eigenvalue weighted by Crippen LogP contribution is -2.22. The molecule has 4 rings (SSSR count). The molecule has 4 nitrogen and oxygen atoms in total. The number of thiazole rings is 1. The van der Waals surface area contributed by atoms with E-state index in [1.54, 1.807) is 4.40 Å². The van der Waals surface area contributed by atoms with E-state index in [9.17, 15) is 9.90 Å². The van der Waals surface area contributed by atoms with Crippen molar-refractivity contribution in [1.29, 1.82) is 0 Å². The minimum Gasteiger partial charge on any atom is -0.506 e. The van der Waals surface area contributed by atoms with Gasteiger partial charge in [-0.2, -0.15) is 0 Å². The van der Waals surface area contributed by atoms with Crippen molar-refractivity contribution in [2.75, 3.05) is 0 Å². The standard InChI is InChI=1S/C16H8I2N2O2S/c17-9-5-8(6-10(18)14(9)21)7-13-15(22)20-12-4-2-1-3-11(12)19-16(20)23-13/h1-7,21H/b13-7-.